The number of imidazole rings is 1. The second-order valence-corrected chi connectivity index (χ2v) is 5.20. The lowest BCUT2D eigenvalue weighted by atomic mass is 10.1. The summed E-state index contributed by atoms with van der Waals surface area (Å²) in [5.74, 6) is 0. The number of nitrogens with two attached hydrogens (primary N) is 1. The van der Waals surface area contributed by atoms with Crippen molar-refractivity contribution >= 4 is 16.7 Å². The number of hydrogen-bond donors (Lipinski definition) is 1. The molecule has 0 atom stereocenters. The van der Waals surface area contributed by atoms with Crippen LogP contribution in [0.4, 0.5) is 5.69 Å². The number of nitrogens with zero attached hydrogens (tertiary/aromatic N) is 5. The van der Waals surface area contributed by atoms with E-state index in [1.165, 1.54) is 0 Å². The Morgan fingerprint density at radius 2 is 2.00 bits per heavy atom. The van der Waals surface area contributed by atoms with Gasteiger partial charge in [-0.1, -0.05) is 17.3 Å². The largest absolute Gasteiger partial charge is 0.399 e. The van der Waals surface area contributed by atoms with Crippen molar-refractivity contribution in [2.75, 3.05) is 5.73 Å². The number of fused-ring (bicyclic) bond motifs is 1. The molecule has 0 aliphatic rings. The van der Waals surface area contributed by atoms with Crippen molar-refractivity contribution in [1.82, 2.24) is 24.5 Å². The van der Waals surface area contributed by atoms with Crippen LogP contribution < -0.4 is 5.73 Å². The van der Waals surface area contributed by atoms with Gasteiger partial charge in [-0.25, -0.2) is 9.67 Å². The summed E-state index contributed by atoms with van der Waals surface area (Å²) in [7, 11) is 1.98. The Kier molecular flexibility index (Phi) is 2.69. The van der Waals surface area contributed by atoms with Crippen molar-refractivity contribution in [3.05, 3.63) is 55.0 Å². The minimum Gasteiger partial charge on any atom is -0.399 e. The van der Waals surface area contributed by atoms with Crippen LogP contribution in [0, 0.1) is 0 Å². The van der Waals surface area contributed by atoms with Gasteiger partial charge in [0.05, 0.1) is 29.2 Å². The summed E-state index contributed by atoms with van der Waals surface area (Å²) >= 11 is 0. The Labute approximate surface area is 126 Å². The number of nitrogen functional groups attached to an aromatic ring is 1. The van der Waals surface area contributed by atoms with E-state index in [0.717, 1.165) is 28.0 Å². The van der Waals surface area contributed by atoms with Gasteiger partial charge in [0, 0.05) is 18.3 Å². The van der Waals surface area contributed by atoms with Crippen LogP contribution in [-0.2, 0) is 7.05 Å². The highest BCUT2D eigenvalue weighted by Gasteiger charge is 2.08. The molecule has 0 bridgehead atoms. The molecule has 0 aliphatic heterocycles. The lowest BCUT2D eigenvalue weighted by Crippen LogP contribution is -1.95. The molecule has 22 heavy (non-hydrogen) atoms. The highest BCUT2D eigenvalue weighted by Crippen LogP contribution is 2.22. The maximum absolute atomic E-state index is 5.81. The molecule has 0 amide bonds. The molecule has 0 saturated heterocycles. The van der Waals surface area contributed by atoms with Gasteiger partial charge in [-0.15, -0.1) is 5.10 Å². The van der Waals surface area contributed by atoms with E-state index in [4.69, 9.17) is 5.73 Å². The number of rotatable bonds is 2. The molecule has 0 spiro atoms. The molecule has 0 saturated carbocycles. The van der Waals surface area contributed by atoms with E-state index in [1.807, 2.05) is 60.3 Å². The van der Waals surface area contributed by atoms with Gasteiger partial charge in [0.2, 0.25) is 0 Å². The fraction of sp³-hybridized carbons (Fsp3) is 0.0625. The highest BCUT2D eigenvalue weighted by atomic mass is 15.4. The van der Waals surface area contributed by atoms with Crippen LogP contribution in [-0.4, -0.2) is 24.5 Å². The second kappa shape index (κ2) is 4.70. The lowest BCUT2D eigenvalue weighted by molar-refractivity contribution is 0.804. The number of hydrogen-bond acceptors (Lipinski definition) is 4. The first-order valence-corrected chi connectivity index (χ1v) is 6.90. The standard InChI is InChI=1S/C16H14N6/c1-21-10-18-14-7-11(5-6-16(14)21)15-9-22(20-19-15)13-4-2-3-12(17)8-13/h2-10H,17H2,1H3. The van der Waals surface area contributed by atoms with E-state index in [2.05, 4.69) is 15.3 Å². The number of anilines is 1. The first kappa shape index (κ1) is 12.6. The SMILES string of the molecule is Cn1cnc2cc(-c3cn(-c4cccc(N)c4)nn3)ccc21. The van der Waals surface area contributed by atoms with Gasteiger partial charge in [0.1, 0.15) is 5.69 Å². The topological polar surface area (TPSA) is 74.5 Å². The Bertz CT molecular complexity index is 966. The van der Waals surface area contributed by atoms with Gasteiger partial charge in [0.25, 0.3) is 0 Å². The van der Waals surface area contributed by atoms with E-state index in [1.54, 1.807) is 11.0 Å². The van der Waals surface area contributed by atoms with Crippen molar-refractivity contribution in [1.29, 1.82) is 0 Å². The van der Waals surface area contributed by atoms with Crippen molar-refractivity contribution in [3.63, 3.8) is 0 Å². The fourth-order valence-corrected chi connectivity index (χ4v) is 2.49. The van der Waals surface area contributed by atoms with Gasteiger partial charge >= 0.3 is 0 Å². The van der Waals surface area contributed by atoms with E-state index in [9.17, 15) is 0 Å². The van der Waals surface area contributed by atoms with Crippen LogP contribution in [0.2, 0.25) is 0 Å². The van der Waals surface area contributed by atoms with Gasteiger partial charge in [-0.3, -0.25) is 0 Å². The molecule has 6 nitrogen and oxygen atoms in total. The minimum absolute atomic E-state index is 0.699. The molecular formula is C16H14N6. The third-order valence-electron chi connectivity index (χ3n) is 3.65. The van der Waals surface area contributed by atoms with Crippen LogP contribution in [0.1, 0.15) is 0 Å². The summed E-state index contributed by atoms with van der Waals surface area (Å²) in [6, 6.07) is 13.6. The summed E-state index contributed by atoms with van der Waals surface area (Å²) in [6.07, 6.45) is 3.69. The quantitative estimate of drug-likeness (QED) is 0.575. The first-order valence-electron chi connectivity index (χ1n) is 6.90. The van der Waals surface area contributed by atoms with Crippen molar-refractivity contribution in [2.45, 2.75) is 0 Å². The molecule has 0 unspecified atom stereocenters. The molecule has 108 valence electrons. The molecule has 0 fully saturated rings. The molecule has 4 rings (SSSR count). The van der Waals surface area contributed by atoms with Crippen LogP contribution >= 0.6 is 0 Å². The summed E-state index contributed by atoms with van der Waals surface area (Å²) < 4.78 is 3.71. The maximum atomic E-state index is 5.81. The normalized spacial score (nSPS) is 11.1. The van der Waals surface area contributed by atoms with Gasteiger partial charge in [0.15, 0.2) is 0 Å². The maximum Gasteiger partial charge on any atom is 0.113 e. The Morgan fingerprint density at radius 3 is 2.86 bits per heavy atom. The minimum atomic E-state index is 0.699. The van der Waals surface area contributed by atoms with Crippen molar-refractivity contribution in [3.8, 4) is 16.9 Å². The number of aryl methyl sites for hydroxylation is 1. The Balaban J connectivity index is 1.76. The smallest absolute Gasteiger partial charge is 0.113 e. The molecule has 6 heteroatoms. The Hall–Kier alpha value is -3.15. The van der Waals surface area contributed by atoms with E-state index >= 15 is 0 Å². The van der Waals surface area contributed by atoms with E-state index in [-0.39, 0.29) is 0 Å². The first-order chi connectivity index (χ1) is 10.7. The average Bonchev–Trinajstić information content (AvgIpc) is 3.15. The predicted molar refractivity (Wildman–Crippen MR) is 85.5 cm³/mol. The zero-order chi connectivity index (χ0) is 15.1. The predicted octanol–water partition coefficient (Wildman–Crippen LogP) is 2.40. The number of benzene rings is 2. The van der Waals surface area contributed by atoms with Crippen molar-refractivity contribution in [2.24, 2.45) is 7.05 Å². The lowest BCUT2D eigenvalue weighted by Gasteiger charge is -2.00. The third-order valence-corrected chi connectivity index (χ3v) is 3.65. The molecular weight excluding hydrogens is 276 g/mol. The summed E-state index contributed by atoms with van der Waals surface area (Å²) in [6.45, 7) is 0. The molecule has 0 radical (unpaired) electrons. The molecule has 0 aliphatic carbocycles. The molecule has 2 aromatic heterocycles. The van der Waals surface area contributed by atoms with Gasteiger partial charge in [-0.2, -0.15) is 0 Å². The monoisotopic (exact) mass is 290 g/mol. The highest BCUT2D eigenvalue weighted by molar-refractivity contribution is 5.81. The van der Waals surface area contributed by atoms with E-state index in [0.29, 0.717) is 5.69 Å². The van der Waals surface area contributed by atoms with Crippen LogP contribution in [0.5, 0.6) is 0 Å². The van der Waals surface area contributed by atoms with Crippen LogP contribution in [0.25, 0.3) is 28.0 Å². The van der Waals surface area contributed by atoms with Gasteiger partial charge < -0.3 is 10.3 Å². The second-order valence-electron chi connectivity index (χ2n) is 5.20. The van der Waals surface area contributed by atoms with Crippen LogP contribution in [0.3, 0.4) is 0 Å². The van der Waals surface area contributed by atoms with Gasteiger partial charge in [-0.05, 0) is 30.3 Å². The molecule has 2 aromatic carbocycles. The molecule has 2 N–H and O–H groups in total. The van der Waals surface area contributed by atoms with Crippen LogP contribution in [0.15, 0.2) is 55.0 Å². The summed E-state index contributed by atoms with van der Waals surface area (Å²) in [5, 5.41) is 8.42. The number of aromatic nitrogens is 5. The van der Waals surface area contributed by atoms with Crippen molar-refractivity contribution < 1.29 is 0 Å². The third kappa shape index (κ3) is 2.01. The molecule has 4 aromatic rings. The summed E-state index contributed by atoms with van der Waals surface area (Å²) in [5.41, 5.74) is 11.2. The molecule has 2 heterocycles. The zero-order valence-corrected chi connectivity index (χ0v) is 12.0. The summed E-state index contributed by atoms with van der Waals surface area (Å²) in [4.78, 5) is 4.37. The zero-order valence-electron chi connectivity index (χ0n) is 12.0. The Morgan fingerprint density at radius 1 is 1.09 bits per heavy atom. The van der Waals surface area contributed by atoms with E-state index < -0.39 is 0 Å². The average molecular weight is 290 g/mol. The fourth-order valence-electron chi connectivity index (χ4n) is 2.49.